The van der Waals surface area contributed by atoms with Crippen LogP contribution < -0.4 is 9.47 Å². The van der Waals surface area contributed by atoms with E-state index in [0.29, 0.717) is 43.3 Å². The SMILES string of the molecule is CCCCN(CC(=O)N(CCOC)Cc1cccn1C)C(=O)c1ccc2c(c1)OCO2. The smallest absolute Gasteiger partial charge is 0.254 e. The summed E-state index contributed by atoms with van der Waals surface area (Å²) < 4.78 is 17.9. The topological polar surface area (TPSA) is 73.2 Å². The molecule has 0 N–H and O–H groups in total. The number of nitrogens with zero attached hydrogens (tertiary/aromatic N) is 3. The Balaban J connectivity index is 1.74. The maximum Gasteiger partial charge on any atom is 0.254 e. The predicted octanol–water partition coefficient (Wildman–Crippen LogP) is 2.67. The van der Waals surface area contributed by atoms with Crippen molar-refractivity contribution in [1.29, 1.82) is 0 Å². The van der Waals surface area contributed by atoms with Gasteiger partial charge in [0.1, 0.15) is 6.54 Å². The van der Waals surface area contributed by atoms with Gasteiger partial charge in [0.15, 0.2) is 11.5 Å². The summed E-state index contributed by atoms with van der Waals surface area (Å²) in [5.74, 6) is 0.883. The molecule has 0 atom stereocenters. The van der Waals surface area contributed by atoms with E-state index >= 15 is 0 Å². The zero-order chi connectivity index (χ0) is 22.2. The van der Waals surface area contributed by atoms with E-state index in [9.17, 15) is 9.59 Å². The van der Waals surface area contributed by atoms with Crippen LogP contribution in [0.15, 0.2) is 36.5 Å². The predicted molar refractivity (Wildman–Crippen MR) is 116 cm³/mol. The number of hydrogen-bond acceptors (Lipinski definition) is 5. The van der Waals surface area contributed by atoms with E-state index in [4.69, 9.17) is 14.2 Å². The quantitative estimate of drug-likeness (QED) is 0.549. The summed E-state index contributed by atoms with van der Waals surface area (Å²) in [6, 6.07) is 9.06. The zero-order valence-electron chi connectivity index (χ0n) is 18.5. The maximum atomic E-state index is 13.2. The third-order valence-corrected chi connectivity index (χ3v) is 5.34. The highest BCUT2D eigenvalue weighted by molar-refractivity contribution is 5.97. The van der Waals surface area contributed by atoms with E-state index in [0.717, 1.165) is 18.5 Å². The van der Waals surface area contributed by atoms with Crippen molar-refractivity contribution in [2.45, 2.75) is 26.3 Å². The van der Waals surface area contributed by atoms with Gasteiger partial charge in [-0.2, -0.15) is 0 Å². The first-order valence-electron chi connectivity index (χ1n) is 10.6. The second-order valence-corrected chi connectivity index (χ2v) is 7.57. The number of carbonyl (C=O) groups is 2. The minimum absolute atomic E-state index is 0.0153. The molecule has 2 aromatic rings. The molecule has 2 amide bonds. The number of ether oxygens (including phenoxy) is 3. The molecule has 31 heavy (non-hydrogen) atoms. The second-order valence-electron chi connectivity index (χ2n) is 7.57. The third-order valence-electron chi connectivity index (χ3n) is 5.34. The van der Waals surface area contributed by atoms with Crippen molar-refractivity contribution in [1.82, 2.24) is 14.4 Å². The fraction of sp³-hybridized carbons (Fsp3) is 0.478. The lowest BCUT2D eigenvalue weighted by molar-refractivity contribution is -0.133. The number of amides is 2. The van der Waals surface area contributed by atoms with Gasteiger partial charge in [0.05, 0.1) is 13.2 Å². The minimum Gasteiger partial charge on any atom is -0.454 e. The van der Waals surface area contributed by atoms with Gasteiger partial charge in [-0.1, -0.05) is 13.3 Å². The van der Waals surface area contributed by atoms with Crippen molar-refractivity contribution in [3.63, 3.8) is 0 Å². The first-order chi connectivity index (χ1) is 15.0. The van der Waals surface area contributed by atoms with Gasteiger partial charge in [0.2, 0.25) is 12.7 Å². The van der Waals surface area contributed by atoms with Gasteiger partial charge in [-0.05, 0) is 36.8 Å². The van der Waals surface area contributed by atoms with Crippen molar-refractivity contribution in [2.75, 3.05) is 40.1 Å². The maximum absolute atomic E-state index is 13.2. The number of carbonyl (C=O) groups excluding carboxylic acids is 2. The molecule has 0 saturated carbocycles. The molecule has 0 fully saturated rings. The summed E-state index contributed by atoms with van der Waals surface area (Å²) in [5.41, 5.74) is 1.51. The number of fused-ring (bicyclic) bond motifs is 1. The van der Waals surface area contributed by atoms with Crippen LogP contribution >= 0.6 is 0 Å². The lowest BCUT2D eigenvalue weighted by Gasteiger charge is -2.28. The third kappa shape index (κ3) is 5.79. The van der Waals surface area contributed by atoms with Crippen molar-refractivity contribution in [2.24, 2.45) is 7.05 Å². The first kappa shape index (κ1) is 22.7. The molecule has 168 valence electrons. The Bertz CT molecular complexity index is 895. The minimum atomic E-state index is -0.189. The van der Waals surface area contributed by atoms with Crippen molar-refractivity contribution in [3.8, 4) is 11.5 Å². The largest absolute Gasteiger partial charge is 0.454 e. The lowest BCUT2D eigenvalue weighted by Crippen LogP contribution is -2.44. The van der Waals surface area contributed by atoms with E-state index in [2.05, 4.69) is 6.92 Å². The van der Waals surface area contributed by atoms with Crippen LogP contribution in [0.2, 0.25) is 0 Å². The summed E-state index contributed by atoms with van der Waals surface area (Å²) in [6.45, 7) is 4.09. The number of methoxy groups -OCH3 is 1. The van der Waals surface area contributed by atoms with Gasteiger partial charge in [0.25, 0.3) is 5.91 Å². The second kappa shape index (κ2) is 10.9. The molecule has 8 heteroatoms. The molecule has 1 aromatic carbocycles. The molecular formula is C23H31N3O5. The van der Waals surface area contributed by atoms with Crippen LogP contribution in [0, 0.1) is 0 Å². The van der Waals surface area contributed by atoms with Gasteiger partial charge in [-0.25, -0.2) is 0 Å². The molecule has 1 aliphatic heterocycles. The van der Waals surface area contributed by atoms with Crippen LogP contribution in [0.1, 0.15) is 35.8 Å². The molecule has 0 spiro atoms. The van der Waals surface area contributed by atoms with Gasteiger partial charge in [-0.15, -0.1) is 0 Å². The summed E-state index contributed by atoms with van der Waals surface area (Å²) in [6.07, 6.45) is 3.69. The van der Waals surface area contributed by atoms with Gasteiger partial charge >= 0.3 is 0 Å². The summed E-state index contributed by atoms with van der Waals surface area (Å²) in [5, 5.41) is 0. The Hall–Kier alpha value is -3.00. The summed E-state index contributed by atoms with van der Waals surface area (Å²) >= 11 is 0. The Kier molecular flexibility index (Phi) is 7.94. The number of hydrogen-bond donors (Lipinski definition) is 0. The number of aromatic nitrogens is 1. The molecule has 1 aliphatic rings. The van der Waals surface area contributed by atoms with Gasteiger partial charge in [0, 0.05) is 44.7 Å². The highest BCUT2D eigenvalue weighted by Gasteiger charge is 2.24. The molecular weight excluding hydrogens is 398 g/mol. The molecule has 0 bridgehead atoms. The molecule has 2 heterocycles. The van der Waals surface area contributed by atoms with E-state index in [1.807, 2.05) is 29.9 Å². The fourth-order valence-corrected chi connectivity index (χ4v) is 3.43. The van der Waals surface area contributed by atoms with Crippen molar-refractivity contribution in [3.05, 3.63) is 47.8 Å². The van der Waals surface area contributed by atoms with E-state index < -0.39 is 0 Å². The van der Waals surface area contributed by atoms with Crippen molar-refractivity contribution >= 4 is 11.8 Å². The summed E-state index contributed by atoms with van der Waals surface area (Å²) in [4.78, 5) is 29.8. The molecule has 0 unspecified atom stereocenters. The zero-order valence-corrected chi connectivity index (χ0v) is 18.5. The Morgan fingerprint density at radius 1 is 1.13 bits per heavy atom. The van der Waals surface area contributed by atoms with Crippen LogP contribution in [0.4, 0.5) is 0 Å². The summed E-state index contributed by atoms with van der Waals surface area (Å²) in [7, 11) is 3.56. The molecule has 1 aromatic heterocycles. The normalized spacial score (nSPS) is 12.1. The van der Waals surface area contributed by atoms with Crippen molar-refractivity contribution < 1.29 is 23.8 Å². The van der Waals surface area contributed by atoms with E-state index in [1.54, 1.807) is 35.1 Å². The fourth-order valence-electron chi connectivity index (χ4n) is 3.43. The average molecular weight is 430 g/mol. The number of unbranched alkanes of at least 4 members (excludes halogenated alkanes) is 1. The van der Waals surface area contributed by atoms with E-state index in [1.165, 1.54) is 0 Å². The molecule has 0 radical (unpaired) electrons. The van der Waals surface area contributed by atoms with Crippen LogP contribution in [-0.2, 0) is 23.1 Å². The van der Waals surface area contributed by atoms with Crippen LogP contribution in [0.3, 0.4) is 0 Å². The molecule has 8 nitrogen and oxygen atoms in total. The number of aryl methyl sites for hydroxylation is 1. The number of rotatable bonds is 11. The molecule has 0 saturated heterocycles. The Labute approximate surface area is 183 Å². The lowest BCUT2D eigenvalue weighted by atomic mass is 10.1. The van der Waals surface area contributed by atoms with E-state index in [-0.39, 0.29) is 25.2 Å². The standard InChI is InChI=1S/C23H31N3O5/c1-4-5-11-26(23(28)18-8-9-20-21(14-18)31-17-30-20)16-22(27)25(12-13-29-3)15-19-7-6-10-24(19)2/h6-10,14H,4-5,11-13,15-17H2,1-3H3. The monoisotopic (exact) mass is 429 g/mol. The van der Waals surface area contributed by atoms with Crippen LogP contribution in [0.25, 0.3) is 0 Å². The van der Waals surface area contributed by atoms with Crippen LogP contribution in [-0.4, -0.2) is 66.3 Å². The van der Waals surface area contributed by atoms with Gasteiger partial charge < -0.3 is 28.6 Å². The molecule has 0 aliphatic carbocycles. The number of benzene rings is 1. The highest BCUT2D eigenvalue weighted by atomic mass is 16.7. The van der Waals surface area contributed by atoms with Gasteiger partial charge in [-0.3, -0.25) is 9.59 Å². The average Bonchev–Trinajstić information content (AvgIpc) is 3.41. The molecule has 3 rings (SSSR count). The first-order valence-corrected chi connectivity index (χ1v) is 10.6. The van der Waals surface area contributed by atoms with Crippen LogP contribution in [0.5, 0.6) is 11.5 Å². The Morgan fingerprint density at radius 2 is 1.94 bits per heavy atom. The highest BCUT2D eigenvalue weighted by Crippen LogP contribution is 2.32. The Morgan fingerprint density at radius 3 is 2.65 bits per heavy atom.